The largest absolute Gasteiger partial charge is 0.326 e. The van der Waals surface area contributed by atoms with Gasteiger partial charge in [0, 0.05) is 16.1 Å². The highest BCUT2D eigenvalue weighted by atomic mass is 79.9. The van der Waals surface area contributed by atoms with Gasteiger partial charge in [-0.3, -0.25) is 4.90 Å². The smallest absolute Gasteiger partial charge is 0.124 e. The predicted molar refractivity (Wildman–Crippen MR) is 87.8 cm³/mol. The average Bonchev–Trinajstić information content (AvgIpc) is 3.11. The second-order valence-electron chi connectivity index (χ2n) is 6.55. The van der Waals surface area contributed by atoms with Crippen LogP contribution < -0.4 is 5.73 Å². The van der Waals surface area contributed by atoms with Crippen molar-refractivity contribution in [3.63, 3.8) is 0 Å². The fraction of sp³-hybridized carbons (Fsp3) is 0.647. The molecular weight excluding hydrogens is 331 g/mol. The third-order valence-corrected chi connectivity index (χ3v) is 6.09. The van der Waals surface area contributed by atoms with E-state index in [-0.39, 0.29) is 17.4 Å². The van der Waals surface area contributed by atoms with Gasteiger partial charge in [0.05, 0.1) is 0 Å². The minimum absolute atomic E-state index is 0.125. The third kappa shape index (κ3) is 3.03. The van der Waals surface area contributed by atoms with Crippen molar-refractivity contribution in [3.05, 3.63) is 34.1 Å². The molecule has 0 spiro atoms. The van der Waals surface area contributed by atoms with Gasteiger partial charge in [0.15, 0.2) is 0 Å². The van der Waals surface area contributed by atoms with E-state index in [2.05, 4.69) is 20.8 Å². The molecule has 1 aliphatic carbocycles. The first-order chi connectivity index (χ1) is 10.1. The van der Waals surface area contributed by atoms with Crippen molar-refractivity contribution in [2.75, 3.05) is 13.1 Å². The first-order valence-electron chi connectivity index (χ1n) is 8.06. The summed E-state index contributed by atoms with van der Waals surface area (Å²) in [6, 6.07) is 5.06. The number of halogens is 2. The standard InChI is InChI=1S/C17H24BrFN2/c18-15-12-14(19)6-5-13(15)11-16(20)17(7-1-2-8-17)21-9-3-4-10-21/h5-6,12,16H,1-4,7-11,20H2. The van der Waals surface area contributed by atoms with Gasteiger partial charge in [-0.1, -0.05) is 34.8 Å². The molecule has 2 aliphatic rings. The molecule has 1 aromatic carbocycles. The molecule has 0 bridgehead atoms. The average molecular weight is 355 g/mol. The molecule has 21 heavy (non-hydrogen) atoms. The van der Waals surface area contributed by atoms with Crippen LogP contribution in [0.25, 0.3) is 0 Å². The summed E-state index contributed by atoms with van der Waals surface area (Å²) in [5, 5.41) is 0. The molecule has 1 heterocycles. The van der Waals surface area contributed by atoms with Crippen LogP contribution in [-0.4, -0.2) is 29.6 Å². The van der Waals surface area contributed by atoms with E-state index in [1.165, 1.54) is 57.7 Å². The van der Waals surface area contributed by atoms with Crippen molar-refractivity contribution < 1.29 is 4.39 Å². The summed E-state index contributed by atoms with van der Waals surface area (Å²) in [5.74, 6) is -0.200. The van der Waals surface area contributed by atoms with Crippen molar-refractivity contribution in [3.8, 4) is 0 Å². The maximum absolute atomic E-state index is 13.2. The molecule has 1 aliphatic heterocycles. The number of nitrogens with zero attached hydrogens (tertiary/aromatic N) is 1. The molecule has 1 aromatic rings. The van der Waals surface area contributed by atoms with E-state index in [1.807, 2.05) is 6.07 Å². The van der Waals surface area contributed by atoms with Gasteiger partial charge in [-0.15, -0.1) is 0 Å². The minimum atomic E-state index is -0.200. The highest BCUT2D eigenvalue weighted by Gasteiger charge is 2.45. The third-order valence-electron chi connectivity index (χ3n) is 5.35. The number of hydrogen-bond acceptors (Lipinski definition) is 2. The number of rotatable bonds is 4. The zero-order chi connectivity index (χ0) is 14.9. The van der Waals surface area contributed by atoms with E-state index in [1.54, 1.807) is 6.07 Å². The van der Waals surface area contributed by atoms with Gasteiger partial charge in [0.25, 0.3) is 0 Å². The molecule has 1 saturated carbocycles. The SMILES string of the molecule is NC(Cc1ccc(F)cc1Br)C1(N2CCCC2)CCCC1. The van der Waals surface area contributed by atoms with Gasteiger partial charge < -0.3 is 5.73 Å². The lowest BCUT2D eigenvalue weighted by atomic mass is 9.83. The summed E-state index contributed by atoms with van der Waals surface area (Å²) in [5.41, 5.74) is 7.97. The van der Waals surface area contributed by atoms with Crippen molar-refractivity contribution in [2.24, 2.45) is 5.73 Å². The van der Waals surface area contributed by atoms with Crippen LogP contribution in [0.4, 0.5) is 4.39 Å². The fourth-order valence-electron chi connectivity index (χ4n) is 4.19. The fourth-order valence-corrected chi connectivity index (χ4v) is 4.70. The van der Waals surface area contributed by atoms with Crippen molar-refractivity contribution in [2.45, 2.75) is 56.5 Å². The molecular formula is C17H24BrFN2. The zero-order valence-corrected chi connectivity index (χ0v) is 14.0. The van der Waals surface area contributed by atoms with Crippen LogP contribution in [0, 0.1) is 5.82 Å². The van der Waals surface area contributed by atoms with Crippen LogP contribution in [0.15, 0.2) is 22.7 Å². The van der Waals surface area contributed by atoms with Crippen molar-refractivity contribution >= 4 is 15.9 Å². The molecule has 2 fully saturated rings. The first-order valence-corrected chi connectivity index (χ1v) is 8.86. The van der Waals surface area contributed by atoms with Crippen LogP contribution in [-0.2, 0) is 6.42 Å². The minimum Gasteiger partial charge on any atom is -0.326 e. The lowest BCUT2D eigenvalue weighted by Gasteiger charge is -2.43. The molecule has 0 radical (unpaired) electrons. The van der Waals surface area contributed by atoms with Gasteiger partial charge in [-0.25, -0.2) is 4.39 Å². The van der Waals surface area contributed by atoms with E-state index in [4.69, 9.17) is 5.73 Å². The Morgan fingerprint density at radius 3 is 2.48 bits per heavy atom. The van der Waals surface area contributed by atoms with Gasteiger partial charge in [0.1, 0.15) is 5.82 Å². The Labute approximate surface area is 135 Å². The van der Waals surface area contributed by atoms with Gasteiger partial charge in [0.2, 0.25) is 0 Å². The second kappa shape index (κ2) is 6.35. The maximum atomic E-state index is 13.2. The monoisotopic (exact) mass is 354 g/mol. The van der Waals surface area contributed by atoms with Crippen LogP contribution in [0.2, 0.25) is 0 Å². The quantitative estimate of drug-likeness (QED) is 0.889. The van der Waals surface area contributed by atoms with Crippen LogP contribution in [0.5, 0.6) is 0 Å². The summed E-state index contributed by atoms with van der Waals surface area (Å²) < 4.78 is 14.1. The maximum Gasteiger partial charge on any atom is 0.124 e. The molecule has 1 saturated heterocycles. The Balaban J connectivity index is 1.79. The summed E-state index contributed by atoms with van der Waals surface area (Å²) in [6.07, 6.45) is 8.42. The molecule has 0 amide bonds. The topological polar surface area (TPSA) is 29.3 Å². The molecule has 0 aromatic heterocycles. The summed E-state index contributed by atoms with van der Waals surface area (Å²) in [7, 11) is 0. The van der Waals surface area contributed by atoms with E-state index in [0.29, 0.717) is 0 Å². The highest BCUT2D eigenvalue weighted by Crippen LogP contribution is 2.40. The summed E-state index contributed by atoms with van der Waals surface area (Å²) in [4.78, 5) is 2.64. The molecule has 1 unspecified atom stereocenters. The first kappa shape index (κ1) is 15.4. The lowest BCUT2D eigenvalue weighted by Crippen LogP contribution is -2.58. The Morgan fingerprint density at radius 2 is 1.86 bits per heavy atom. The van der Waals surface area contributed by atoms with Crippen molar-refractivity contribution in [1.82, 2.24) is 4.90 Å². The number of likely N-dealkylation sites (tertiary alicyclic amines) is 1. The predicted octanol–water partition coefficient (Wildman–Crippen LogP) is 3.87. The van der Waals surface area contributed by atoms with Gasteiger partial charge in [-0.2, -0.15) is 0 Å². The number of nitrogens with two attached hydrogens (primary N) is 1. The van der Waals surface area contributed by atoms with Gasteiger partial charge in [-0.05, 0) is 62.9 Å². The zero-order valence-electron chi connectivity index (χ0n) is 12.5. The second-order valence-corrected chi connectivity index (χ2v) is 7.41. The van der Waals surface area contributed by atoms with Gasteiger partial charge >= 0.3 is 0 Å². The lowest BCUT2D eigenvalue weighted by molar-refractivity contribution is 0.0921. The number of hydrogen-bond donors (Lipinski definition) is 1. The molecule has 116 valence electrons. The van der Waals surface area contributed by atoms with Crippen LogP contribution >= 0.6 is 15.9 Å². The van der Waals surface area contributed by atoms with E-state index >= 15 is 0 Å². The van der Waals surface area contributed by atoms with Crippen molar-refractivity contribution in [1.29, 1.82) is 0 Å². The molecule has 2 nitrogen and oxygen atoms in total. The Kier molecular flexibility index (Phi) is 4.67. The molecule has 2 N–H and O–H groups in total. The van der Waals surface area contributed by atoms with E-state index in [9.17, 15) is 4.39 Å². The molecule has 1 atom stereocenters. The Morgan fingerprint density at radius 1 is 1.19 bits per heavy atom. The molecule has 4 heteroatoms. The summed E-state index contributed by atoms with van der Waals surface area (Å²) >= 11 is 3.48. The Hall–Kier alpha value is -0.450. The van der Waals surface area contributed by atoms with E-state index in [0.717, 1.165) is 16.5 Å². The number of benzene rings is 1. The van der Waals surface area contributed by atoms with Crippen LogP contribution in [0.3, 0.4) is 0 Å². The normalized spacial score (nSPS) is 23.6. The Bertz CT molecular complexity index is 494. The summed E-state index contributed by atoms with van der Waals surface area (Å²) in [6.45, 7) is 2.39. The molecule has 3 rings (SSSR count). The van der Waals surface area contributed by atoms with Crippen LogP contribution in [0.1, 0.15) is 44.1 Å². The van der Waals surface area contributed by atoms with E-state index < -0.39 is 0 Å². The highest BCUT2D eigenvalue weighted by molar-refractivity contribution is 9.10.